The van der Waals surface area contributed by atoms with Gasteiger partial charge in [0, 0.05) is 89.3 Å². The number of aryl methyl sites for hydroxylation is 2. The van der Waals surface area contributed by atoms with E-state index in [1.165, 1.54) is 23.5 Å². The van der Waals surface area contributed by atoms with Crippen molar-refractivity contribution in [2.24, 2.45) is 10.3 Å². The molecule has 1 aliphatic heterocycles. The number of hydrogen-bond donors (Lipinski definition) is 0. The SMILES string of the molecule is Cc1ccccc1C(=O)c1ccc(Sc2ccc(C(=O)/C(=N\OC(=O)c3ccccc3)c3ccccc3CC3CN(c4ccc(C(=O)c5ccc(Sc6ccc(C(=O)/C(=N\OC(=O)c7ccccc7)c7ccccc7C)cc6)cc5)cc4)CCO3)cc2)cc1. The fourth-order valence-corrected chi connectivity index (χ4v) is 11.8. The molecule has 438 valence electrons. The number of hydrogen-bond acceptors (Lipinski definition) is 14. The lowest BCUT2D eigenvalue weighted by molar-refractivity contribution is 0.0409. The van der Waals surface area contributed by atoms with Crippen molar-refractivity contribution in [3.05, 3.63) is 327 Å². The zero-order chi connectivity index (χ0) is 61.6. The van der Waals surface area contributed by atoms with E-state index in [1.54, 1.807) is 115 Å². The van der Waals surface area contributed by atoms with E-state index in [4.69, 9.17) is 14.4 Å². The lowest BCUT2D eigenvalue weighted by atomic mass is 9.93. The number of ether oxygens (including phenoxy) is 1. The number of nitrogens with zero attached hydrogens (tertiary/aromatic N) is 3. The first-order valence-corrected chi connectivity index (χ1v) is 30.4. The fourth-order valence-electron chi connectivity index (χ4n) is 10.2. The zero-order valence-corrected chi connectivity index (χ0v) is 50.1. The van der Waals surface area contributed by atoms with E-state index < -0.39 is 23.5 Å². The van der Waals surface area contributed by atoms with Gasteiger partial charge in [0.25, 0.3) is 0 Å². The minimum Gasteiger partial charge on any atom is -0.374 e. The van der Waals surface area contributed by atoms with Gasteiger partial charge in [-0.1, -0.05) is 143 Å². The Kier molecular flexibility index (Phi) is 19.3. The van der Waals surface area contributed by atoms with Crippen LogP contribution in [-0.2, 0) is 20.8 Å². The van der Waals surface area contributed by atoms with Crippen molar-refractivity contribution in [1.29, 1.82) is 0 Å². The van der Waals surface area contributed by atoms with Gasteiger partial charge in [0.15, 0.2) is 23.0 Å². The zero-order valence-electron chi connectivity index (χ0n) is 48.5. The summed E-state index contributed by atoms with van der Waals surface area (Å²) in [5, 5.41) is 8.37. The number of rotatable bonds is 21. The van der Waals surface area contributed by atoms with Crippen LogP contribution in [0.3, 0.4) is 0 Å². The second-order valence-corrected chi connectivity index (χ2v) is 23.3. The Balaban J connectivity index is 0.726. The van der Waals surface area contributed by atoms with Crippen LogP contribution in [0.4, 0.5) is 5.69 Å². The van der Waals surface area contributed by atoms with E-state index in [-0.39, 0.29) is 34.7 Å². The Hall–Kier alpha value is -10.4. The highest BCUT2D eigenvalue weighted by Gasteiger charge is 2.27. The quantitative estimate of drug-likeness (QED) is 0.0291. The van der Waals surface area contributed by atoms with Crippen molar-refractivity contribution < 1.29 is 43.2 Å². The molecule has 10 aromatic rings. The third-order valence-corrected chi connectivity index (χ3v) is 17.0. The Morgan fingerprint density at radius 2 is 0.798 bits per heavy atom. The largest absolute Gasteiger partial charge is 0.374 e. The molecule has 1 heterocycles. The summed E-state index contributed by atoms with van der Waals surface area (Å²) in [6.45, 7) is 5.35. The van der Waals surface area contributed by atoms with Crippen LogP contribution in [0.25, 0.3) is 0 Å². The highest BCUT2D eigenvalue weighted by molar-refractivity contribution is 7.99. The van der Waals surface area contributed by atoms with Crippen LogP contribution in [0.15, 0.2) is 285 Å². The summed E-state index contributed by atoms with van der Waals surface area (Å²) in [6.07, 6.45) is 0.110. The molecule has 0 N–H and O–H groups in total. The number of carbonyl (C=O) groups excluding carboxylic acids is 6. The fraction of sp³-hybridized carbons (Fsp3) is 0.0933. The maximum Gasteiger partial charge on any atom is 0.365 e. The molecule has 0 saturated carbocycles. The van der Waals surface area contributed by atoms with E-state index in [0.29, 0.717) is 76.2 Å². The highest BCUT2D eigenvalue weighted by atomic mass is 32.2. The van der Waals surface area contributed by atoms with Gasteiger partial charge in [0.05, 0.1) is 23.8 Å². The molecule has 10 aromatic carbocycles. The van der Waals surface area contributed by atoms with Crippen LogP contribution in [0, 0.1) is 13.8 Å². The van der Waals surface area contributed by atoms with E-state index in [2.05, 4.69) is 15.2 Å². The van der Waals surface area contributed by atoms with Gasteiger partial charge in [0.2, 0.25) is 11.6 Å². The van der Waals surface area contributed by atoms with Gasteiger partial charge >= 0.3 is 11.9 Å². The minimum absolute atomic E-state index is 0.0114. The minimum atomic E-state index is -0.709. The van der Waals surface area contributed by atoms with Gasteiger partial charge in [-0.25, -0.2) is 9.59 Å². The first kappa shape index (κ1) is 60.3. The molecule has 0 aromatic heterocycles. The topological polar surface area (TPSA) is 158 Å². The van der Waals surface area contributed by atoms with Crippen molar-refractivity contribution in [1.82, 2.24) is 0 Å². The Morgan fingerprint density at radius 3 is 1.27 bits per heavy atom. The van der Waals surface area contributed by atoms with Crippen LogP contribution in [0.2, 0.25) is 0 Å². The molecule has 14 heteroatoms. The Labute approximate surface area is 523 Å². The molecule has 0 amide bonds. The molecule has 0 bridgehead atoms. The molecule has 1 saturated heterocycles. The molecule has 1 atom stereocenters. The number of carbonyl (C=O) groups is 6. The van der Waals surface area contributed by atoms with E-state index >= 15 is 0 Å². The average molecular weight is 1210 g/mol. The van der Waals surface area contributed by atoms with E-state index in [1.807, 2.05) is 153 Å². The Morgan fingerprint density at radius 1 is 0.416 bits per heavy atom. The molecule has 89 heavy (non-hydrogen) atoms. The normalized spacial score (nSPS) is 13.3. The number of ketones is 4. The molecule has 1 fully saturated rings. The lowest BCUT2D eigenvalue weighted by Crippen LogP contribution is -2.43. The van der Waals surface area contributed by atoms with Crippen LogP contribution >= 0.6 is 23.5 Å². The molecular formula is C75H57N3O9S2. The number of morpholine rings is 1. The summed E-state index contributed by atoms with van der Waals surface area (Å²) < 4.78 is 6.35. The summed E-state index contributed by atoms with van der Waals surface area (Å²) in [5.74, 6) is -2.39. The van der Waals surface area contributed by atoms with Gasteiger partial charge in [-0.15, -0.1) is 0 Å². The molecule has 0 aliphatic carbocycles. The predicted octanol–water partition coefficient (Wildman–Crippen LogP) is 15.4. The summed E-state index contributed by atoms with van der Waals surface area (Å²) in [7, 11) is 0. The van der Waals surface area contributed by atoms with Gasteiger partial charge < -0.3 is 19.3 Å². The molecule has 0 spiro atoms. The standard InChI is InChI=1S/C75H57N3O9S2/c1-49-15-9-12-22-65(49)68(76-86-74(83)56-17-5-3-6-18-56)72(81)54-31-41-63(42-32-54)88-61-37-27-52(28-38-61)70(79)51-25-35-59(36-26-51)78-45-46-85-60(48-78)47-58-21-11-14-24-67(58)69(77-87-75(84)57-19-7-4-8-20-57)73(82)55-33-43-64(44-34-55)89-62-39-29-53(30-40-62)71(80)66-23-13-10-16-50(66)2/h3-44,60H,45-48H2,1-2H3/b76-68-,77-69-. The third-order valence-electron chi connectivity index (χ3n) is 15.0. The number of oxime groups is 2. The molecule has 1 aliphatic rings. The second kappa shape index (κ2) is 28.4. The molecule has 0 radical (unpaired) electrons. The van der Waals surface area contributed by atoms with Crippen molar-refractivity contribution in [2.75, 3.05) is 24.6 Å². The summed E-state index contributed by atoms with van der Waals surface area (Å²) >= 11 is 2.98. The van der Waals surface area contributed by atoms with Crippen LogP contribution in [0.1, 0.15) is 101 Å². The van der Waals surface area contributed by atoms with Gasteiger partial charge in [-0.2, -0.15) is 0 Å². The van der Waals surface area contributed by atoms with Crippen LogP contribution in [-0.4, -0.2) is 72.3 Å². The van der Waals surface area contributed by atoms with Crippen molar-refractivity contribution in [3.63, 3.8) is 0 Å². The molecule has 12 nitrogen and oxygen atoms in total. The monoisotopic (exact) mass is 1210 g/mol. The first-order chi connectivity index (χ1) is 43.4. The number of benzene rings is 10. The number of anilines is 1. The molecular weight excluding hydrogens is 1150 g/mol. The summed E-state index contributed by atoms with van der Waals surface area (Å²) in [5.41, 5.74) is 8.07. The van der Waals surface area contributed by atoms with Crippen molar-refractivity contribution in [3.8, 4) is 0 Å². The van der Waals surface area contributed by atoms with Crippen molar-refractivity contribution in [2.45, 2.75) is 46.0 Å². The van der Waals surface area contributed by atoms with Crippen LogP contribution < -0.4 is 4.90 Å². The second-order valence-electron chi connectivity index (χ2n) is 21.0. The third kappa shape index (κ3) is 14.9. The Bertz CT molecular complexity index is 4290. The average Bonchev–Trinajstić information content (AvgIpc) is 3.59. The highest BCUT2D eigenvalue weighted by Crippen LogP contribution is 2.32. The van der Waals surface area contributed by atoms with Gasteiger partial charge in [0.1, 0.15) is 0 Å². The van der Waals surface area contributed by atoms with Gasteiger partial charge in [-0.05, 0) is 176 Å². The predicted molar refractivity (Wildman–Crippen MR) is 347 cm³/mol. The molecule has 1 unspecified atom stereocenters. The lowest BCUT2D eigenvalue weighted by Gasteiger charge is -2.35. The number of Topliss-reactive ketones (excluding diaryl/α,β-unsaturated/α-hetero) is 2. The maximum atomic E-state index is 14.6. The summed E-state index contributed by atoms with van der Waals surface area (Å²) in [6, 6.07) is 75.8. The van der Waals surface area contributed by atoms with Gasteiger partial charge in [-0.3, -0.25) is 19.2 Å². The smallest absolute Gasteiger partial charge is 0.365 e. The first-order valence-electron chi connectivity index (χ1n) is 28.7. The summed E-state index contributed by atoms with van der Waals surface area (Å²) in [4.78, 5) is 98.2. The maximum absolute atomic E-state index is 14.6. The van der Waals surface area contributed by atoms with Crippen LogP contribution in [0.5, 0.6) is 0 Å². The molecule has 11 rings (SSSR count). The van der Waals surface area contributed by atoms with E-state index in [0.717, 1.165) is 42.0 Å². The van der Waals surface area contributed by atoms with E-state index in [9.17, 15) is 28.8 Å². The van der Waals surface area contributed by atoms with Crippen molar-refractivity contribution >= 4 is 75.7 Å².